The van der Waals surface area contributed by atoms with Gasteiger partial charge in [0.2, 0.25) is 0 Å². The molecule has 0 heterocycles. The molecule has 0 aliphatic carbocycles. The molecule has 0 spiro atoms. The zero-order chi connectivity index (χ0) is 12.3. The van der Waals surface area contributed by atoms with Gasteiger partial charge in [-0.1, -0.05) is 45.7 Å². The summed E-state index contributed by atoms with van der Waals surface area (Å²) >= 11 is 15.1. The Morgan fingerprint density at radius 3 is 2.62 bits per heavy atom. The number of ketones is 1. The summed E-state index contributed by atoms with van der Waals surface area (Å²) in [6.45, 7) is 5.51. The number of hydrogen-bond donors (Lipinski definition) is 1. The van der Waals surface area contributed by atoms with Crippen LogP contribution >= 0.6 is 39.1 Å². The normalized spacial score (nSPS) is 10.0. The van der Waals surface area contributed by atoms with Gasteiger partial charge >= 0.3 is 0 Å². The van der Waals surface area contributed by atoms with Crippen LogP contribution in [0.1, 0.15) is 17.3 Å². The van der Waals surface area contributed by atoms with E-state index in [1.165, 1.54) is 0 Å². The first-order valence-electron chi connectivity index (χ1n) is 4.47. The van der Waals surface area contributed by atoms with Gasteiger partial charge in [-0.2, -0.15) is 0 Å². The van der Waals surface area contributed by atoms with Crippen LogP contribution in [0.3, 0.4) is 0 Å². The van der Waals surface area contributed by atoms with Crippen molar-refractivity contribution in [2.45, 2.75) is 6.92 Å². The largest absolute Gasteiger partial charge is 0.358 e. The van der Waals surface area contributed by atoms with E-state index < -0.39 is 0 Å². The quantitative estimate of drug-likeness (QED) is 0.652. The second kappa shape index (κ2) is 5.71. The van der Waals surface area contributed by atoms with Gasteiger partial charge in [0.05, 0.1) is 26.6 Å². The van der Waals surface area contributed by atoms with Crippen molar-refractivity contribution in [3.8, 4) is 0 Å². The van der Waals surface area contributed by atoms with Crippen LogP contribution in [-0.4, -0.2) is 11.1 Å². The maximum Gasteiger partial charge on any atom is 0.176 e. The lowest BCUT2D eigenvalue weighted by Gasteiger charge is -2.11. The Morgan fingerprint density at radius 2 is 2.12 bits per heavy atom. The van der Waals surface area contributed by atoms with E-state index in [9.17, 15) is 4.79 Å². The first-order valence-corrected chi connectivity index (χ1v) is 6.34. The van der Waals surface area contributed by atoms with E-state index in [2.05, 4.69) is 27.8 Å². The first-order chi connectivity index (χ1) is 7.47. The van der Waals surface area contributed by atoms with Gasteiger partial charge in [-0.25, -0.2) is 0 Å². The minimum atomic E-state index is -0.152. The van der Waals surface area contributed by atoms with Gasteiger partial charge in [-0.05, 0) is 19.1 Å². The van der Waals surface area contributed by atoms with Crippen LogP contribution in [0.4, 0.5) is 5.69 Å². The molecule has 0 amide bonds. The molecule has 0 bridgehead atoms. The topological polar surface area (TPSA) is 29.1 Å². The highest BCUT2D eigenvalue weighted by atomic mass is 79.9. The molecule has 0 saturated heterocycles. The number of carbonyl (C=O) groups excluding carboxylic acids is 1. The zero-order valence-electron chi connectivity index (χ0n) is 8.61. The highest BCUT2D eigenvalue weighted by Gasteiger charge is 2.16. The monoisotopic (exact) mass is 321 g/mol. The van der Waals surface area contributed by atoms with Crippen molar-refractivity contribution in [2.75, 3.05) is 10.6 Å². The van der Waals surface area contributed by atoms with Crippen LogP contribution < -0.4 is 5.32 Å². The fourth-order valence-corrected chi connectivity index (χ4v) is 2.11. The molecule has 0 radical (unpaired) electrons. The average molecular weight is 323 g/mol. The van der Waals surface area contributed by atoms with Gasteiger partial charge in [0.1, 0.15) is 0 Å². The van der Waals surface area contributed by atoms with Crippen molar-refractivity contribution in [3.63, 3.8) is 0 Å². The lowest BCUT2D eigenvalue weighted by atomic mass is 10.1. The summed E-state index contributed by atoms with van der Waals surface area (Å²) in [4.78, 5) is 11.6. The second-order valence-electron chi connectivity index (χ2n) is 3.25. The van der Waals surface area contributed by atoms with Crippen molar-refractivity contribution >= 4 is 50.6 Å². The fourth-order valence-electron chi connectivity index (χ4n) is 1.20. The van der Waals surface area contributed by atoms with Gasteiger partial charge in [0, 0.05) is 5.70 Å². The fraction of sp³-hybridized carbons (Fsp3) is 0.182. The summed E-state index contributed by atoms with van der Waals surface area (Å²) in [5.74, 6) is -0.152. The number of benzene rings is 1. The molecule has 2 nitrogen and oxygen atoms in total. The minimum absolute atomic E-state index is 0.152. The van der Waals surface area contributed by atoms with Crippen LogP contribution in [0, 0.1) is 0 Å². The third kappa shape index (κ3) is 3.00. The van der Waals surface area contributed by atoms with Crippen LogP contribution in [0.25, 0.3) is 0 Å². The van der Waals surface area contributed by atoms with E-state index in [0.717, 1.165) is 5.70 Å². The molecule has 0 atom stereocenters. The van der Waals surface area contributed by atoms with E-state index >= 15 is 0 Å². The van der Waals surface area contributed by atoms with Crippen LogP contribution in [0.15, 0.2) is 24.4 Å². The van der Waals surface area contributed by atoms with Gasteiger partial charge in [-0.3, -0.25) is 4.79 Å². The SMILES string of the molecule is C=C(C)Nc1ccc(Cl)c(C(=O)CBr)c1Cl. The number of carbonyl (C=O) groups is 1. The van der Waals surface area contributed by atoms with Crippen molar-refractivity contribution in [1.82, 2.24) is 0 Å². The number of halogens is 3. The molecule has 1 aromatic carbocycles. The third-order valence-electron chi connectivity index (χ3n) is 1.84. The van der Waals surface area contributed by atoms with Crippen LogP contribution in [-0.2, 0) is 0 Å². The van der Waals surface area contributed by atoms with Gasteiger partial charge < -0.3 is 5.32 Å². The summed E-state index contributed by atoms with van der Waals surface area (Å²) in [6, 6.07) is 3.35. The number of anilines is 1. The number of alkyl halides is 1. The number of hydrogen-bond acceptors (Lipinski definition) is 2. The Hall–Kier alpha value is -0.510. The van der Waals surface area contributed by atoms with Crippen molar-refractivity contribution < 1.29 is 4.79 Å². The van der Waals surface area contributed by atoms with E-state index in [1.54, 1.807) is 19.1 Å². The number of Topliss-reactive ketones (excluding diaryl/α,β-unsaturated/α-hetero) is 1. The van der Waals surface area contributed by atoms with Gasteiger partial charge in [0.15, 0.2) is 5.78 Å². The van der Waals surface area contributed by atoms with Crippen LogP contribution in [0.2, 0.25) is 10.0 Å². The lowest BCUT2D eigenvalue weighted by molar-refractivity contribution is 0.102. The third-order valence-corrected chi connectivity index (χ3v) is 3.06. The maximum absolute atomic E-state index is 11.6. The first kappa shape index (κ1) is 13.6. The van der Waals surface area contributed by atoms with Crippen molar-refractivity contribution in [2.24, 2.45) is 0 Å². The molecule has 0 aliphatic rings. The summed E-state index contributed by atoms with van der Waals surface area (Å²) in [6.07, 6.45) is 0. The molecule has 5 heteroatoms. The molecule has 0 aliphatic heterocycles. The van der Waals surface area contributed by atoms with E-state index in [1.807, 2.05) is 0 Å². The summed E-state index contributed by atoms with van der Waals surface area (Å²) in [7, 11) is 0. The van der Waals surface area contributed by atoms with E-state index in [4.69, 9.17) is 23.2 Å². The number of allylic oxidation sites excluding steroid dienone is 1. The van der Waals surface area contributed by atoms with Gasteiger partial charge in [-0.15, -0.1) is 0 Å². The molecule has 86 valence electrons. The highest BCUT2D eigenvalue weighted by Crippen LogP contribution is 2.32. The Kier molecular flexibility index (Phi) is 4.84. The second-order valence-corrected chi connectivity index (χ2v) is 4.59. The molecule has 0 saturated carbocycles. The Balaban J connectivity index is 3.26. The van der Waals surface area contributed by atoms with E-state index in [-0.39, 0.29) is 11.1 Å². The Morgan fingerprint density at radius 1 is 1.50 bits per heavy atom. The molecule has 0 unspecified atom stereocenters. The standard InChI is InChI=1S/C11H10BrCl2NO/c1-6(2)15-8-4-3-7(13)10(11(8)14)9(16)5-12/h3-4,15H,1,5H2,2H3. The Labute approximate surface area is 113 Å². The van der Waals surface area contributed by atoms with Gasteiger partial charge in [0.25, 0.3) is 0 Å². The molecule has 1 rings (SSSR count). The predicted molar refractivity (Wildman–Crippen MR) is 73.0 cm³/mol. The minimum Gasteiger partial charge on any atom is -0.358 e. The average Bonchev–Trinajstić information content (AvgIpc) is 2.21. The molecule has 0 fully saturated rings. The Bertz CT molecular complexity index is 446. The smallest absolute Gasteiger partial charge is 0.176 e. The van der Waals surface area contributed by atoms with Crippen molar-refractivity contribution in [3.05, 3.63) is 40.0 Å². The molecule has 1 N–H and O–H groups in total. The van der Waals surface area contributed by atoms with Crippen molar-refractivity contribution in [1.29, 1.82) is 0 Å². The predicted octanol–water partition coefficient (Wildman–Crippen LogP) is 4.52. The lowest BCUT2D eigenvalue weighted by Crippen LogP contribution is -2.05. The molecule has 1 aromatic rings. The molecule has 16 heavy (non-hydrogen) atoms. The summed E-state index contributed by atoms with van der Waals surface area (Å²) < 4.78 is 0. The highest BCUT2D eigenvalue weighted by molar-refractivity contribution is 9.09. The maximum atomic E-state index is 11.6. The molecule has 0 aromatic heterocycles. The van der Waals surface area contributed by atoms with E-state index in [0.29, 0.717) is 21.3 Å². The number of rotatable bonds is 4. The summed E-state index contributed by atoms with van der Waals surface area (Å²) in [5, 5.41) is 3.82. The summed E-state index contributed by atoms with van der Waals surface area (Å²) in [5.41, 5.74) is 1.69. The van der Waals surface area contributed by atoms with Crippen LogP contribution in [0.5, 0.6) is 0 Å². The zero-order valence-corrected chi connectivity index (χ0v) is 11.7. The molecular weight excluding hydrogens is 313 g/mol. The molecular formula is C11H10BrCl2NO. The number of nitrogens with one attached hydrogen (secondary N) is 1.